The molecule has 5 aliphatic rings. The molecule has 0 bridgehead atoms. The first kappa shape index (κ1) is 33.3. The Morgan fingerprint density at radius 1 is 1.10 bits per heavy atom. The molecule has 5 heterocycles. The summed E-state index contributed by atoms with van der Waals surface area (Å²) in [4.78, 5) is 14.1. The Balaban J connectivity index is 1.15. The second kappa shape index (κ2) is 13.1. The van der Waals surface area contributed by atoms with Gasteiger partial charge in [0.05, 0.1) is 35.1 Å². The molecule has 4 aliphatic heterocycles. The van der Waals surface area contributed by atoms with E-state index in [1.54, 1.807) is 13.1 Å². The number of nitrogens with one attached hydrogen (secondary N) is 1. The van der Waals surface area contributed by atoms with Gasteiger partial charge in [0.15, 0.2) is 5.82 Å². The van der Waals surface area contributed by atoms with Crippen LogP contribution in [0.1, 0.15) is 75.8 Å². The molecule has 3 aromatic rings. The number of aliphatic hydroxyl groups is 1. The number of ether oxygens (including phenoxy) is 2. The average Bonchev–Trinajstić information content (AvgIpc) is 3.78. The number of phenols is 1. The Hall–Kier alpha value is -3.82. The number of aromatic hydroxyl groups is 1. The van der Waals surface area contributed by atoms with Crippen molar-refractivity contribution in [3.05, 3.63) is 53.2 Å². The zero-order valence-corrected chi connectivity index (χ0v) is 28.6. The van der Waals surface area contributed by atoms with Gasteiger partial charge in [-0.2, -0.15) is 0 Å². The summed E-state index contributed by atoms with van der Waals surface area (Å²) in [6, 6.07) is 5.96. The Kier molecular flexibility index (Phi) is 8.70. The summed E-state index contributed by atoms with van der Waals surface area (Å²) in [5.74, 6) is 1.47. The monoisotopic (exact) mass is 685 g/mol. The van der Waals surface area contributed by atoms with E-state index in [9.17, 15) is 14.6 Å². The fraction of sp³-hybridized carbons (Fsp3) is 0.538. The van der Waals surface area contributed by atoms with Crippen molar-refractivity contribution in [1.82, 2.24) is 14.8 Å². The highest BCUT2D eigenvalue weighted by Gasteiger charge is 2.49. The third kappa shape index (κ3) is 6.00. The number of hydrogen-bond acceptors (Lipinski definition) is 9. The Bertz CT molecular complexity index is 1870. The van der Waals surface area contributed by atoms with Gasteiger partial charge in [-0.15, -0.1) is 6.42 Å². The lowest BCUT2D eigenvalue weighted by molar-refractivity contribution is -0.0640. The molecule has 0 spiro atoms. The SMILES string of the molecule is C#Cc1c(F)ccc2cc(O)cc(-c3ncc4c(c3F)NC(OC[C@]35CCCC3N(CC3CCCO3)CCC5)N=C4N3CCC[C@@](C)(O)C3)c12. The number of β-amino-alcohol motifs (C(OH)–C–C–N with tert-alkyl or cyclic N) is 1. The van der Waals surface area contributed by atoms with E-state index in [0.717, 1.165) is 71.1 Å². The van der Waals surface area contributed by atoms with E-state index in [1.165, 1.54) is 24.3 Å². The number of aliphatic imine (C=N–C) groups is 1. The molecule has 3 N–H and O–H groups in total. The molecule has 1 aromatic heterocycles. The van der Waals surface area contributed by atoms with E-state index in [0.29, 0.717) is 55.0 Å². The lowest BCUT2D eigenvalue weighted by atomic mass is 9.75. The highest BCUT2D eigenvalue weighted by atomic mass is 19.1. The van der Waals surface area contributed by atoms with E-state index in [-0.39, 0.29) is 39.1 Å². The van der Waals surface area contributed by atoms with Crippen LogP contribution in [-0.2, 0) is 9.47 Å². The van der Waals surface area contributed by atoms with Gasteiger partial charge in [-0.3, -0.25) is 9.88 Å². The van der Waals surface area contributed by atoms with Gasteiger partial charge in [-0.05, 0) is 88.4 Å². The standard InChI is InChI=1S/C39H45F2N5O4/c1-3-27-30(40)11-10-24-18-25(47)19-28(32(24)27)34-33(41)35-29(20-42-34)36(46-16-6-12-38(2,48)22-46)44-37(43-35)50-23-39-13-4-9-31(39)45(15-7-14-39)21-26-8-5-17-49-26/h1,10-11,18-20,26,31,37,43,47-48H,4-9,12-17,21-23H2,2H3/t26?,31?,37?,38-,39-/m1/s1. The number of pyridine rings is 1. The molecular weight excluding hydrogens is 640 g/mol. The lowest BCUT2D eigenvalue weighted by Crippen LogP contribution is -2.54. The number of benzene rings is 2. The van der Waals surface area contributed by atoms with Crippen LogP contribution in [0.25, 0.3) is 22.0 Å². The van der Waals surface area contributed by atoms with Crippen molar-refractivity contribution in [2.75, 3.05) is 44.7 Å². The second-order valence-corrected chi connectivity index (χ2v) is 15.2. The summed E-state index contributed by atoms with van der Waals surface area (Å²) in [6.45, 7) is 6.10. The molecule has 2 aromatic carbocycles. The quantitative estimate of drug-likeness (QED) is 0.272. The number of amidine groups is 1. The second-order valence-electron chi connectivity index (χ2n) is 15.2. The highest BCUT2D eigenvalue weighted by Crippen LogP contribution is 2.49. The van der Waals surface area contributed by atoms with Crippen LogP contribution in [0, 0.1) is 29.4 Å². The Morgan fingerprint density at radius 2 is 1.94 bits per heavy atom. The molecule has 8 rings (SSSR count). The number of phenolic OH excluding ortho intramolecular Hbond substituents is 1. The summed E-state index contributed by atoms with van der Waals surface area (Å²) >= 11 is 0. The van der Waals surface area contributed by atoms with Gasteiger partial charge in [0.25, 0.3) is 0 Å². The minimum atomic E-state index is -0.936. The van der Waals surface area contributed by atoms with Crippen molar-refractivity contribution in [3.63, 3.8) is 0 Å². The van der Waals surface area contributed by atoms with Gasteiger partial charge in [-0.1, -0.05) is 18.4 Å². The van der Waals surface area contributed by atoms with E-state index >= 15 is 4.39 Å². The number of piperidine rings is 2. The predicted octanol–water partition coefficient (Wildman–Crippen LogP) is 6.00. The first-order valence-electron chi connectivity index (χ1n) is 18.0. The van der Waals surface area contributed by atoms with Crippen molar-refractivity contribution in [3.8, 4) is 29.4 Å². The number of halogens is 2. The van der Waals surface area contributed by atoms with E-state index in [2.05, 4.69) is 21.1 Å². The van der Waals surface area contributed by atoms with E-state index < -0.39 is 23.6 Å². The van der Waals surface area contributed by atoms with Crippen LogP contribution < -0.4 is 5.32 Å². The molecule has 0 radical (unpaired) electrons. The molecule has 3 unspecified atom stereocenters. The van der Waals surface area contributed by atoms with Gasteiger partial charge in [0.2, 0.25) is 6.35 Å². The molecule has 3 saturated heterocycles. The summed E-state index contributed by atoms with van der Waals surface area (Å²) in [6.07, 6.45) is 15.8. The maximum atomic E-state index is 17.0. The number of hydrogen-bond donors (Lipinski definition) is 3. The number of likely N-dealkylation sites (tertiary alicyclic amines) is 2. The molecule has 264 valence electrons. The zero-order valence-electron chi connectivity index (χ0n) is 28.6. The minimum Gasteiger partial charge on any atom is -0.508 e. The van der Waals surface area contributed by atoms with Gasteiger partial charge in [0, 0.05) is 54.8 Å². The van der Waals surface area contributed by atoms with Gasteiger partial charge in [0.1, 0.15) is 23.1 Å². The number of fused-ring (bicyclic) bond motifs is 3. The number of aromatic nitrogens is 1. The largest absolute Gasteiger partial charge is 0.508 e. The molecule has 5 atom stereocenters. The van der Waals surface area contributed by atoms with Crippen LogP contribution >= 0.6 is 0 Å². The maximum absolute atomic E-state index is 17.0. The molecule has 9 nitrogen and oxygen atoms in total. The van der Waals surface area contributed by atoms with Gasteiger partial charge >= 0.3 is 0 Å². The molecule has 0 amide bonds. The van der Waals surface area contributed by atoms with Crippen LogP contribution in [0.3, 0.4) is 0 Å². The number of nitrogens with zero attached hydrogens (tertiary/aromatic N) is 4. The van der Waals surface area contributed by atoms with Crippen molar-refractivity contribution in [2.24, 2.45) is 10.4 Å². The maximum Gasteiger partial charge on any atom is 0.227 e. The van der Waals surface area contributed by atoms with Crippen molar-refractivity contribution in [1.29, 1.82) is 0 Å². The number of anilines is 1. The first-order valence-corrected chi connectivity index (χ1v) is 18.0. The zero-order chi connectivity index (χ0) is 34.6. The van der Waals surface area contributed by atoms with Crippen LogP contribution in [0.15, 0.2) is 35.5 Å². The van der Waals surface area contributed by atoms with Crippen molar-refractivity contribution in [2.45, 2.75) is 88.8 Å². The molecule has 4 fully saturated rings. The van der Waals surface area contributed by atoms with Gasteiger partial charge in [-0.25, -0.2) is 13.8 Å². The van der Waals surface area contributed by atoms with Crippen LogP contribution in [0.2, 0.25) is 0 Å². The van der Waals surface area contributed by atoms with Gasteiger partial charge < -0.3 is 29.9 Å². The van der Waals surface area contributed by atoms with Crippen molar-refractivity contribution < 1.29 is 28.5 Å². The molecular formula is C39H45F2N5O4. The normalized spacial score (nSPS) is 29.7. The van der Waals surface area contributed by atoms with E-state index in [4.69, 9.17) is 20.9 Å². The predicted molar refractivity (Wildman–Crippen MR) is 188 cm³/mol. The van der Waals surface area contributed by atoms with E-state index in [1.807, 2.05) is 4.90 Å². The minimum absolute atomic E-state index is 0.0264. The Labute approximate surface area is 291 Å². The van der Waals surface area contributed by atoms with Crippen LogP contribution in [0.5, 0.6) is 5.75 Å². The van der Waals surface area contributed by atoms with Crippen molar-refractivity contribution >= 4 is 22.3 Å². The molecule has 50 heavy (non-hydrogen) atoms. The summed E-state index contributed by atoms with van der Waals surface area (Å²) in [7, 11) is 0. The fourth-order valence-electron chi connectivity index (χ4n) is 9.33. The topological polar surface area (TPSA) is 103 Å². The Morgan fingerprint density at radius 3 is 2.74 bits per heavy atom. The fourth-order valence-corrected chi connectivity index (χ4v) is 9.33. The van der Waals surface area contributed by atoms with Crippen LogP contribution in [-0.4, -0.2) is 94.3 Å². The highest BCUT2D eigenvalue weighted by molar-refractivity contribution is 6.06. The summed E-state index contributed by atoms with van der Waals surface area (Å²) in [5.41, 5.74) is -0.316. The molecule has 1 aliphatic carbocycles. The number of rotatable bonds is 6. The molecule has 11 heteroatoms. The number of terminal acetylenes is 1. The summed E-state index contributed by atoms with van der Waals surface area (Å²) in [5, 5.41) is 25.6. The average molecular weight is 686 g/mol. The smallest absolute Gasteiger partial charge is 0.227 e. The summed E-state index contributed by atoms with van der Waals surface area (Å²) < 4.78 is 44.6. The van der Waals surface area contributed by atoms with Crippen LogP contribution in [0.4, 0.5) is 14.5 Å². The first-order chi connectivity index (χ1) is 24.1. The lowest BCUT2D eigenvalue weighted by Gasteiger charge is -2.47. The molecule has 1 saturated carbocycles. The third-order valence-electron chi connectivity index (χ3n) is 11.6. The third-order valence-corrected chi connectivity index (χ3v) is 11.6.